The largest absolute Gasteiger partial charge is 0.450 e. The van der Waals surface area contributed by atoms with Gasteiger partial charge in [-0.05, 0) is 32.3 Å². The number of halogens is 1. The standard InChI is InChI=1S/C19H30ClN5O2/c1-3-15-13-24(18-17(20)11-14(21)12-22-18)9-10-25(15)16-5-7-23(8-6-16)19(26)27-4-2/h11-12,15-16H,3-10,13,21H2,1-2H3/t15-/m0/s1. The molecule has 0 radical (unpaired) electrons. The van der Waals surface area contributed by atoms with Gasteiger partial charge in [-0.15, -0.1) is 0 Å². The summed E-state index contributed by atoms with van der Waals surface area (Å²) in [6, 6.07) is 2.73. The Balaban J connectivity index is 1.60. The Bertz CT molecular complexity index is 651. The van der Waals surface area contributed by atoms with Gasteiger partial charge in [0.1, 0.15) is 5.82 Å². The summed E-state index contributed by atoms with van der Waals surface area (Å²) in [5.41, 5.74) is 6.36. The van der Waals surface area contributed by atoms with Crippen molar-refractivity contribution in [2.75, 3.05) is 50.0 Å². The van der Waals surface area contributed by atoms with Gasteiger partial charge in [0.15, 0.2) is 0 Å². The Kier molecular flexibility index (Phi) is 6.65. The molecule has 2 N–H and O–H groups in total. The lowest BCUT2D eigenvalue weighted by Crippen LogP contribution is -2.58. The number of likely N-dealkylation sites (tertiary alicyclic amines) is 1. The van der Waals surface area contributed by atoms with Crippen LogP contribution in [0, 0.1) is 0 Å². The minimum Gasteiger partial charge on any atom is -0.450 e. The topological polar surface area (TPSA) is 74.9 Å². The molecule has 2 aliphatic rings. The Morgan fingerprint density at radius 3 is 2.67 bits per heavy atom. The maximum absolute atomic E-state index is 11.9. The van der Waals surface area contributed by atoms with E-state index >= 15 is 0 Å². The number of hydrogen-bond donors (Lipinski definition) is 1. The van der Waals surface area contributed by atoms with Crippen LogP contribution in [-0.2, 0) is 4.74 Å². The zero-order valence-corrected chi connectivity index (χ0v) is 17.0. The molecule has 0 saturated carbocycles. The molecule has 0 aliphatic carbocycles. The van der Waals surface area contributed by atoms with Gasteiger partial charge in [-0.1, -0.05) is 18.5 Å². The molecule has 3 heterocycles. The van der Waals surface area contributed by atoms with Crippen molar-refractivity contribution in [2.45, 2.75) is 45.2 Å². The summed E-state index contributed by atoms with van der Waals surface area (Å²) in [4.78, 5) is 23.1. The van der Waals surface area contributed by atoms with Crippen molar-refractivity contribution < 1.29 is 9.53 Å². The minimum atomic E-state index is -0.183. The van der Waals surface area contributed by atoms with Crippen molar-refractivity contribution in [1.82, 2.24) is 14.8 Å². The fraction of sp³-hybridized carbons (Fsp3) is 0.684. The number of rotatable bonds is 4. The molecule has 27 heavy (non-hydrogen) atoms. The zero-order chi connectivity index (χ0) is 19.4. The molecular weight excluding hydrogens is 366 g/mol. The Hall–Kier alpha value is -1.73. The summed E-state index contributed by atoms with van der Waals surface area (Å²) in [5, 5.41) is 0.612. The van der Waals surface area contributed by atoms with Gasteiger partial charge in [0, 0.05) is 44.8 Å². The number of nitrogen functional groups attached to an aromatic ring is 1. The van der Waals surface area contributed by atoms with Crippen molar-refractivity contribution >= 4 is 29.2 Å². The van der Waals surface area contributed by atoms with E-state index in [0.29, 0.717) is 29.4 Å². The highest BCUT2D eigenvalue weighted by Gasteiger charge is 2.34. The average Bonchev–Trinajstić information content (AvgIpc) is 2.68. The number of nitrogens with zero attached hydrogens (tertiary/aromatic N) is 4. The number of hydrogen-bond acceptors (Lipinski definition) is 6. The van der Waals surface area contributed by atoms with Crippen molar-refractivity contribution in [2.24, 2.45) is 0 Å². The van der Waals surface area contributed by atoms with E-state index in [1.807, 2.05) is 11.8 Å². The normalized spacial score (nSPS) is 22.1. The number of pyridine rings is 1. The lowest BCUT2D eigenvalue weighted by Gasteiger charge is -2.47. The molecule has 3 rings (SSSR count). The van der Waals surface area contributed by atoms with Gasteiger partial charge in [-0.25, -0.2) is 9.78 Å². The fourth-order valence-electron chi connectivity index (χ4n) is 4.18. The second kappa shape index (κ2) is 8.97. The first-order valence-electron chi connectivity index (χ1n) is 9.86. The van der Waals surface area contributed by atoms with Crippen LogP contribution in [-0.4, -0.2) is 72.3 Å². The molecule has 1 aromatic rings. The van der Waals surface area contributed by atoms with E-state index in [1.165, 1.54) is 0 Å². The lowest BCUT2D eigenvalue weighted by molar-refractivity contribution is 0.0522. The van der Waals surface area contributed by atoms with Gasteiger partial charge in [0.2, 0.25) is 0 Å². The molecule has 150 valence electrons. The first kappa shape index (κ1) is 20.0. The van der Waals surface area contributed by atoms with Crippen LogP contribution in [0.25, 0.3) is 0 Å². The number of piperidine rings is 1. The summed E-state index contributed by atoms with van der Waals surface area (Å²) < 4.78 is 5.13. The van der Waals surface area contributed by atoms with Crippen LogP contribution in [0.3, 0.4) is 0 Å². The smallest absolute Gasteiger partial charge is 0.409 e. The van der Waals surface area contributed by atoms with Crippen LogP contribution in [0.1, 0.15) is 33.1 Å². The van der Waals surface area contributed by atoms with Crippen LogP contribution in [0.15, 0.2) is 12.3 Å². The minimum absolute atomic E-state index is 0.183. The van der Waals surface area contributed by atoms with E-state index in [9.17, 15) is 4.79 Å². The first-order valence-corrected chi connectivity index (χ1v) is 10.2. The number of carbonyl (C=O) groups is 1. The summed E-state index contributed by atoms with van der Waals surface area (Å²) in [5.74, 6) is 0.820. The summed E-state index contributed by atoms with van der Waals surface area (Å²) in [6.07, 6.45) is 4.55. The number of aromatic nitrogens is 1. The van der Waals surface area contributed by atoms with Gasteiger partial charge < -0.3 is 20.3 Å². The van der Waals surface area contributed by atoms with Gasteiger partial charge in [-0.3, -0.25) is 4.90 Å². The summed E-state index contributed by atoms with van der Waals surface area (Å²) >= 11 is 6.36. The van der Waals surface area contributed by atoms with E-state index in [1.54, 1.807) is 12.3 Å². The van der Waals surface area contributed by atoms with Crippen molar-refractivity contribution in [3.05, 3.63) is 17.3 Å². The third kappa shape index (κ3) is 4.58. The van der Waals surface area contributed by atoms with Crippen LogP contribution >= 0.6 is 11.6 Å². The molecule has 7 nitrogen and oxygen atoms in total. The van der Waals surface area contributed by atoms with Gasteiger partial charge in [0.05, 0.1) is 23.5 Å². The van der Waals surface area contributed by atoms with Gasteiger partial charge in [-0.2, -0.15) is 0 Å². The first-order chi connectivity index (χ1) is 13.0. The third-order valence-corrected chi connectivity index (χ3v) is 5.88. The number of nitrogens with two attached hydrogens (primary N) is 1. The third-order valence-electron chi connectivity index (χ3n) is 5.60. The van der Waals surface area contributed by atoms with Crippen molar-refractivity contribution in [1.29, 1.82) is 0 Å². The monoisotopic (exact) mass is 395 g/mol. The maximum atomic E-state index is 11.9. The Labute approximate surface area is 166 Å². The highest BCUT2D eigenvalue weighted by atomic mass is 35.5. The number of piperazine rings is 1. The molecule has 2 saturated heterocycles. The van der Waals surface area contributed by atoms with Gasteiger partial charge in [0.25, 0.3) is 0 Å². The molecular formula is C19H30ClN5O2. The number of carbonyl (C=O) groups excluding carboxylic acids is 1. The molecule has 0 aromatic carbocycles. The molecule has 1 amide bonds. The fourth-order valence-corrected chi connectivity index (χ4v) is 4.47. The van der Waals surface area contributed by atoms with E-state index in [4.69, 9.17) is 22.1 Å². The molecule has 2 aliphatic heterocycles. The molecule has 0 spiro atoms. The quantitative estimate of drug-likeness (QED) is 0.844. The van der Waals surface area contributed by atoms with Crippen LogP contribution in [0.5, 0.6) is 0 Å². The molecule has 0 unspecified atom stereocenters. The lowest BCUT2D eigenvalue weighted by atomic mass is 9.98. The van der Waals surface area contributed by atoms with Gasteiger partial charge >= 0.3 is 6.09 Å². The number of anilines is 2. The second-order valence-electron chi connectivity index (χ2n) is 7.24. The molecule has 8 heteroatoms. The average molecular weight is 396 g/mol. The van der Waals surface area contributed by atoms with E-state index in [-0.39, 0.29) is 6.09 Å². The van der Waals surface area contributed by atoms with Crippen molar-refractivity contribution in [3.8, 4) is 0 Å². The van der Waals surface area contributed by atoms with E-state index in [2.05, 4.69) is 21.7 Å². The molecule has 2 fully saturated rings. The summed E-state index contributed by atoms with van der Waals surface area (Å²) in [6.45, 7) is 8.82. The van der Waals surface area contributed by atoms with E-state index < -0.39 is 0 Å². The van der Waals surface area contributed by atoms with Crippen molar-refractivity contribution in [3.63, 3.8) is 0 Å². The Morgan fingerprint density at radius 2 is 2.04 bits per heavy atom. The zero-order valence-electron chi connectivity index (χ0n) is 16.2. The molecule has 0 bridgehead atoms. The predicted octanol–water partition coefficient (Wildman–Crippen LogP) is 2.84. The highest BCUT2D eigenvalue weighted by Crippen LogP contribution is 2.29. The number of amides is 1. The SMILES string of the molecule is CCOC(=O)N1CCC(N2CCN(c3ncc(N)cc3Cl)C[C@@H]2CC)CC1. The number of ether oxygens (including phenoxy) is 1. The molecule has 1 aromatic heterocycles. The Morgan fingerprint density at radius 1 is 1.30 bits per heavy atom. The van der Waals surface area contributed by atoms with Crippen LogP contribution in [0.4, 0.5) is 16.3 Å². The molecule has 1 atom stereocenters. The summed E-state index contributed by atoms with van der Waals surface area (Å²) in [7, 11) is 0. The van der Waals surface area contributed by atoms with E-state index in [0.717, 1.165) is 57.8 Å². The predicted molar refractivity (Wildman–Crippen MR) is 108 cm³/mol. The maximum Gasteiger partial charge on any atom is 0.409 e. The van der Waals surface area contributed by atoms with Crippen LogP contribution < -0.4 is 10.6 Å². The highest BCUT2D eigenvalue weighted by molar-refractivity contribution is 6.33. The van der Waals surface area contributed by atoms with Crippen LogP contribution in [0.2, 0.25) is 5.02 Å². The second-order valence-corrected chi connectivity index (χ2v) is 7.64.